The number of benzene rings is 2. The van der Waals surface area contributed by atoms with Crippen LogP contribution in [0.2, 0.25) is 0 Å². The molecule has 0 saturated carbocycles. The zero-order chi connectivity index (χ0) is 31.2. The van der Waals surface area contributed by atoms with E-state index in [1.807, 2.05) is 0 Å². The molecule has 1 aromatic heterocycles. The van der Waals surface area contributed by atoms with Crippen LogP contribution in [0.5, 0.6) is 0 Å². The van der Waals surface area contributed by atoms with Crippen LogP contribution in [-0.2, 0) is 17.6 Å². The number of carbonyl (C=O) groups is 1. The number of anilines is 2. The molecular weight excluding hydrogens is 382 g/mol. The number of nitrogens with two attached hydrogens (primary N) is 1. The van der Waals surface area contributed by atoms with E-state index in [9.17, 15) is 9.90 Å². The van der Waals surface area contributed by atoms with Crippen molar-refractivity contribution in [3.63, 3.8) is 0 Å². The molecule has 0 fully saturated rings. The van der Waals surface area contributed by atoms with Gasteiger partial charge in [-0.25, -0.2) is 4.98 Å². The summed E-state index contributed by atoms with van der Waals surface area (Å²) in [6, 6.07) is -3.97. The predicted octanol–water partition coefficient (Wildman–Crippen LogP) is 4.66. The van der Waals surface area contributed by atoms with E-state index in [2.05, 4.69) is 10.3 Å². The van der Waals surface area contributed by atoms with E-state index in [1.54, 1.807) is 0 Å². The Morgan fingerprint density at radius 1 is 1.28 bits per heavy atom. The monoisotopic (exact) mass is 421 g/mol. The summed E-state index contributed by atoms with van der Waals surface area (Å²) in [5.41, 5.74) is 4.00. The highest BCUT2D eigenvalue weighted by atomic mass is 32.1. The quantitative estimate of drug-likeness (QED) is 0.438. The summed E-state index contributed by atoms with van der Waals surface area (Å²) < 4.78 is 97.5. The van der Waals surface area contributed by atoms with Crippen LogP contribution in [0.25, 0.3) is 0 Å². The topological polar surface area (TPSA) is 88.2 Å². The molecule has 3 rings (SSSR count). The Kier molecular flexibility index (Phi) is 3.64. The molecule has 5 nitrogen and oxygen atoms in total. The number of nitrogen functional groups attached to an aromatic ring is 1. The lowest BCUT2D eigenvalue weighted by molar-refractivity contribution is -0.115. The Hall–Kier alpha value is -2.70. The molecule has 1 atom stereocenters. The Morgan fingerprint density at radius 2 is 2.00 bits per heavy atom. The SMILES string of the molecule is [2H]c1sc(N)nc1C([2H])([2H])C(=O)Nc1c([2H])c([2H])c(CCCC[C@]([2H])(O)c2c([2H])c([2H])c(C)c([2H])c2[2H])c([2H])c1[2H]. The number of hydrogen-bond donors (Lipinski definition) is 3. The van der Waals surface area contributed by atoms with E-state index in [0.717, 1.165) is 0 Å². The molecule has 0 radical (unpaired) electrons. The standard InChI is InChI=1S/C23H27N3O2S/c1-16-6-10-18(11-7-16)21(27)5-3-2-4-17-8-12-19(13-9-17)25-22(28)14-20-15-29-23(24)26-20/h6-13,15,21,27H,2-5,14H2,1H3,(H2,24,26)(H,25,28)/t21-/m0/s1/i6D,7D,8D,9D,10D,11D,12D,13D,14D2,15D,21D. The van der Waals surface area contributed by atoms with Crippen LogP contribution in [0, 0.1) is 6.92 Å². The van der Waals surface area contributed by atoms with Gasteiger partial charge in [-0.2, -0.15) is 0 Å². The van der Waals surface area contributed by atoms with E-state index in [-0.39, 0.29) is 59.4 Å². The van der Waals surface area contributed by atoms with Gasteiger partial charge in [-0.05, 0) is 49.4 Å². The molecule has 152 valence electrons. The first-order valence-corrected chi connectivity index (χ1v) is 9.60. The minimum atomic E-state index is -2.85. The first-order chi connectivity index (χ1) is 18.8. The van der Waals surface area contributed by atoms with E-state index in [1.165, 1.54) is 6.92 Å². The second-order valence-electron chi connectivity index (χ2n) is 6.09. The first-order valence-electron chi connectivity index (χ1n) is 14.8. The van der Waals surface area contributed by atoms with Crippen LogP contribution in [0.3, 0.4) is 0 Å². The van der Waals surface area contributed by atoms with Crippen molar-refractivity contribution in [3.05, 3.63) is 76.1 Å². The van der Waals surface area contributed by atoms with Crippen LogP contribution in [0.15, 0.2) is 53.7 Å². The second-order valence-corrected chi connectivity index (χ2v) is 6.92. The first kappa shape index (κ1) is 10.4. The highest BCUT2D eigenvalue weighted by molar-refractivity contribution is 7.13. The van der Waals surface area contributed by atoms with Crippen LogP contribution in [-0.4, -0.2) is 16.0 Å². The van der Waals surface area contributed by atoms with Gasteiger partial charge < -0.3 is 16.2 Å². The highest BCUT2D eigenvalue weighted by Crippen LogP contribution is 2.21. The normalized spacial score (nSPS) is 19.4. The fourth-order valence-corrected chi connectivity index (χ4v) is 2.76. The summed E-state index contributed by atoms with van der Waals surface area (Å²) in [6.45, 7) is 1.41. The summed E-state index contributed by atoms with van der Waals surface area (Å²) in [5, 5.41) is 12.3. The molecule has 0 aliphatic heterocycles. The summed E-state index contributed by atoms with van der Waals surface area (Å²) in [7, 11) is 0. The van der Waals surface area contributed by atoms with Gasteiger partial charge in [0.2, 0.25) is 5.91 Å². The largest absolute Gasteiger partial charge is 0.388 e. The number of nitrogens with zero attached hydrogens (tertiary/aromatic N) is 1. The maximum atomic E-state index is 12.7. The number of carbonyl (C=O) groups excluding carboxylic acids is 1. The minimum absolute atomic E-state index is 0.0187. The summed E-state index contributed by atoms with van der Waals surface area (Å²) in [5.74, 6) is -1.36. The molecule has 1 amide bonds. The average Bonchev–Trinajstić information content (AvgIpc) is 3.25. The fraction of sp³-hybridized carbons (Fsp3) is 0.304. The van der Waals surface area contributed by atoms with Crippen molar-refractivity contribution in [1.29, 1.82) is 0 Å². The zero-order valence-corrected chi connectivity index (χ0v) is 16.4. The molecule has 4 N–H and O–H groups in total. The summed E-state index contributed by atoms with van der Waals surface area (Å²) in [6.07, 6.45) is -5.36. The van der Waals surface area contributed by atoms with Gasteiger partial charge in [0, 0.05) is 13.8 Å². The fourth-order valence-electron chi connectivity index (χ4n) is 2.33. The van der Waals surface area contributed by atoms with E-state index in [0.29, 0.717) is 11.3 Å². The van der Waals surface area contributed by atoms with Crippen LogP contribution in [0.1, 0.15) is 64.2 Å². The second kappa shape index (κ2) is 10.2. The lowest BCUT2D eigenvalue weighted by atomic mass is 10.0. The number of amides is 1. The Bertz CT molecular complexity index is 1470. The Labute approximate surface area is 192 Å². The van der Waals surface area contributed by atoms with Crippen molar-refractivity contribution in [3.8, 4) is 0 Å². The molecule has 0 unspecified atom stereocenters. The van der Waals surface area contributed by atoms with Crippen molar-refractivity contribution in [2.45, 2.75) is 45.1 Å². The van der Waals surface area contributed by atoms with Gasteiger partial charge in [-0.1, -0.05) is 48.2 Å². The van der Waals surface area contributed by atoms with Crippen molar-refractivity contribution in [2.75, 3.05) is 11.1 Å². The van der Waals surface area contributed by atoms with Crippen molar-refractivity contribution < 1.29 is 26.4 Å². The number of rotatable bonds is 9. The molecular formula is C23H27N3O2S. The highest BCUT2D eigenvalue weighted by Gasteiger charge is 2.08. The van der Waals surface area contributed by atoms with Crippen molar-refractivity contribution >= 4 is 28.1 Å². The van der Waals surface area contributed by atoms with Crippen LogP contribution in [0.4, 0.5) is 10.8 Å². The molecule has 0 aliphatic rings. The van der Waals surface area contributed by atoms with Gasteiger partial charge in [-0.3, -0.25) is 4.79 Å². The van der Waals surface area contributed by atoms with E-state index in [4.69, 9.17) is 22.2 Å². The molecule has 3 aromatic rings. The molecule has 0 saturated heterocycles. The number of aromatic nitrogens is 1. The lowest BCUT2D eigenvalue weighted by Gasteiger charge is -2.11. The van der Waals surface area contributed by atoms with Gasteiger partial charge in [0.25, 0.3) is 0 Å². The third-order valence-electron chi connectivity index (χ3n) is 3.75. The Morgan fingerprint density at radius 3 is 2.66 bits per heavy atom. The third kappa shape index (κ3) is 6.69. The van der Waals surface area contributed by atoms with Gasteiger partial charge in [0.15, 0.2) is 5.13 Å². The zero-order valence-electron chi connectivity index (χ0n) is 27.6. The predicted molar refractivity (Wildman–Crippen MR) is 119 cm³/mol. The van der Waals surface area contributed by atoms with Gasteiger partial charge >= 0.3 is 0 Å². The molecule has 2 aromatic carbocycles. The molecule has 0 aliphatic carbocycles. The van der Waals surface area contributed by atoms with E-state index < -0.39 is 71.6 Å². The van der Waals surface area contributed by atoms with Crippen LogP contribution < -0.4 is 11.1 Å². The van der Waals surface area contributed by atoms with Crippen molar-refractivity contribution in [2.24, 2.45) is 0 Å². The smallest absolute Gasteiger partial charge is 0.230 e. The number of thiazole rings is 1. The van der Waals surface area contributed by atoms with Gasteiger partial charge in [0.05, 0.1) is 31.9 Å². The van der Waals surface area contributed by atoms with Crippen molar-refractivity contribution in [1.82, 2.24) is 4.98 Å². The van der Waals surface area contributed by atoms with Crippen LogP contribution >= 0.6 is 11.3 Å². The molecule has 1 heterocycles. The molecule has 0 bridgehead atoms. The summed E-state index contributed by atoms with van der Waals surface area (Å²) in [4.78, 5) is 16.4. The average molecular weight is 422 g/mol. The summed E-state index contributed by atoms with van der Waals surface area (Å²) >= 11 is 0.662. The third-order valence-corrected chi connectivity index (χ3v) is 4.35. The lowest BCUT2D eigenvalue weighted by Crippen LogP contribution is -2.14. The number of hydrogen-bond acceptors (Lipinski definition) is 5. The molecule has 6 heteroatoms. The minimum Gasteiger partial charge on any atom is -0.388 e. The Balaban J connectivity index is 1.78. The number of aliphatic hydroxyl groups is 1. The number of nitrogens with one attached hydrogen (secondary N) is 1. The van der Waals surface area contributed by atoms with Gasteiger partial charge in [-0.15, -0.1) is 11.3 Å². The maximum absolute atomic E-state index is 12.7. The molecule has 29 heavy (non-hydrogen) atoms. The van der Waals surface area contributed by atoms with Gasteiger partial charge in [0.1, 0.15) is 0 Å². The maximum Gasteiger partial charge on any atom is 0.230 e. The van der Waals surface area contributed by atoms with E-state index >= 15 is 0 Å². The molecule has 0 spiro atoms. The number of unbranched alkanes of at least 4 members (excludes halogenated alkanes) is 1.